The molecule has 7 nitrogen and oxygen atoms in total. The summed E-state index contributed by atoms with van der Waals surface area (Å²) >= 11 is 0. The molecule has 24 heavy (non-hydrogen) atoms. The summed E-state index contributed by atoms with van der Waals surface area (Å²) in [5.74, 6) is 0. The summed E-state index contributed by atoms with van der Waals surface area (Å²) in [6.07, 6.45) is 4.54. The molecule has 3 rings (SSSR count). The van der Waals surface area contributed by atoms with E-state index in [1.807, 2.05) is 27.7 Å². The average Bonchev–Trinajstić information content (AvgIpc) is 3.02. The quantitative estimate of drug-likeness (QED) is 0.770. The Kier molecular flexibility index (Phi) is 4.83. The Bertz CT molecular complexity index is 551. The lowest BCUT2D eigenvalue weighted by atomic mass is 9.81. The van der Waals surface area contributed by atoms with E-state index in [9.17, 15) is 0 Å². The number of hydrogen-bond acceptors (Lipinski definition) is 7. The molecule has 0 spiro atoms. The normalized spacial score (nSPS) is 26.0. The van der Waals surface area contributed by atoms with Gasteiger partial charge in [-0.2, -0.15) is 0 Å². The van der Waals surface area contributed by atoms with Crippen LogP contribution in [-0.4, -0.2) is 65.5 Å². The van der Waals surface area contributed by atoms with Gasteiger partial charge in [-0.15, -0.1) is 0 Å². The van der Waals surface area contributed by atoms with Gasteiger partial charge in [-0.3, -0.25) is 4.90 Å². The minimum Gasteiger partial charge on any atom is -0.459 e. The van der Waals surface area contributed by atoms with Gasteiger partial charge in [-0.1, -0.05) is 0 Å². The summed E-state index contributed by atoms with van der Waals surface area (Å²) in [6.45, 7) is 11.6. The predicted octanol–water partition coefficient (Wildman–Crippen LogP) is 0.188. The summed E-state index contributed by atoms with van der Waals surface area (Å²) in [6, 6.07) is 0.398. The Morgan fingerprint density at radius 2 is 1.88 bits per heavy atom. The number of nitrogens with zero attached hydrogens (tertiary/aromatic N) is 3. The maximum absolute atomic E-state index is 6.00. The molecular formula is C16H27BN4O3. The summed E-state index contributed by atoms with van der Waals surface area (Å²) in [5.41, 5.74) is 5.65. The van der Waals surface area contributed by atoms with Gasteiger partial charge in [0, 0.05) is 44.0 Å². The van der Waals surface area contributed by atoms with Crippen molar-refractivity contribution in [1.29, 1.82) is 0 Å². The van der Waals surface area contributed by atoms with Crippen molar-refractivity contribution in [2.75, 3.05) is 26.2 Å². The SMILES string of the molecule is CC1(C)OB(c2cnc(OC3CCN(CCN)C3)nc2)OC1(C)C. The van der Waals surface area contributed by atoms with E-state index in [0.717, 1.165) is 31.5 Å². The Hall–Kier alpha value is -1.22. The highest BCUT2D eigenvalue weighted by Gasteiger charge is 2.52. The molecule has 2 aliphatic rings. The molecule has 2 aliphatic heterocycles. The van der Waals surface area contributed by atoms with Gasteiger partial charge in [-0.25, -0.2) is 9.97 Å². The van der Waals surface area contributed by atoms with Gasteiger partial charge in [0.15, 0.2) is 0 Å². The van der Waals surface area contributed by atoms with Crippen LogP contribution in [0.25, 0.3) is 0 Å². The van der Waals surface area contributed by atoms with E-state index in [1.165, 1.54) is 0 Å². The van der Waals surface area contributed by atoms with Crippen LogP contribution in [0, 0.1) is 0 Å². The van der Waals surface area contributed by atoms with Crippen molar-refractivity contribution in [2.45, 2.75) is 51.4 Å². The van der Waals surface area contributed by atoms with E-state index >= 15 is 0 Å². The van der Waals surface area contributed by atoms with Crippen molar-refractivity contribution < 1.29 is 14.0 Å². The first-order valence-electron chi connectivity index (χ1n) is 8.57. The van der Waals surface area contributed by atoms with Crippen molar-refractivity contribution in [3.63, 3.8) is 0 Å². The smallest absolute Gasteiger partial charge is 0.459 e. The zero-order valence-electron chi connectivity index (χ0n) is 15.0. The van der Waals surface area contributed by atoms with Crippen LogP contribution in [0.15, 0.2) is 12.4 Å². The summed E-state index contributed by atoms with van der Waals surface area (Å²) in [7, 11) is -0.449. The molecule has 0 amide bonds. The third-order valence-electron chi connectivity index (χ3n) is 5.12. The lowest BCUT2D eigenvalue weighted by Gasteiger charge is -2.32. The average molecular weight is 334 g/mol. The lowest BCUT2D eigenvalue weighted by Crippen LogP contribution is -2.41. The van der Waals surface area contributed by atoms with Gasteiger partial charge in [-0.05, 0) is 34.1 Å². The molecule has 0 saturated carbocycles. The van der Waals surface area contributed by atoms with Crippen LogP contribution in [0.1, 0.15) is 34.1 Å². The van der Waals surface area contributed by atoms with E-state index in [1.54, 1.807) is 12.4 Å². The van der Waals surface area contributed by atoms with E-state index in [4.69, 9.17) is 19.8 Å². The maximum atomic E-state index is 6.00. The Labute approximate surface area is 144 Å². The van der Waals surface area contributed by atoms with Crippen LogP contribution in [0.5, 0.6) is 6.01 Å². The molecule has 2 N–H and O–H groups in total. The van der Waals surface area contributed by atoms with Crippen molar-refractivity contribution in [2.24, 2.45) is 5.73 Å². The Balaban J connectivity index is 1.59. The molecular weight excluding hydrogens is 307 g/mol. The van der Waals surface area contributed by atoms with E-state index in [-0.39, 0.29) is 17.3 Å². The third kappa shape index (κ3) is 3.56. The van der Waals surface area contributed by atoms with E-state index < -0.39 is 7.12 Å². The Morgan fingerprint density at radius 3 is 2.46 bits per heavy atom. The largest absolute Gasteiger partial charge is 0.498 e. The molecule has 3 heterocycles. The number of ether oxygens (including phenoxy) is 1. The van der Waals surface area contributed by atoms with Crippen LogP contribution in [0.3, 0.4) is 0 Å². The number of rotatable bonds is 5. The fourth-order valence-electron chi connectivity index (χ4n) is 2.92. The van der Waals surface area contributed by atoms with Crippen molar-refractivity contribution in [3.05, 3.63) is 12.4 Å². The Morgan fingerprint density at radius 1 is 1.25 bits per heavy atom. The third-order valence-corrected chi connectivity index (χ3v) is 5.12. The van der Waals surface area contributed by atoms with Crippen LogP contribution in [0.4, 0.5) is 0 Å². The molecule has 2 fully saturated rings. The summed E-state index contributed by atoms with van der Waals surface area (Å²) in [5, 5.41) is 0. The zero-order valence-corrected chi connectivity index (χ0v) is 15.0. The highest BCUT2D eigenvalue weighted by atomic mass is 16.7. The molecule has 1 unspecified atom stereocenters. The molecule has 0 aliphatic carbocycles. The molecule has 1 aromatic rings. The van der Waals surface area contributed by atoms with Gasteiger partial charge in [0.25, 0.3) is 0 Å². The van der Waals surface area contributed by atoms with Gasteiger partial charge < -0.3 is 19.8 Å². The van der Waals surface area contributed by atoms with Crippen LogP contribution < -0.4 is 15.9 Å². The fraction of sp³-hybridized carbons (Fsp3) is 0.750. The molecule has 0 radical (unpaired) electrons. The number of aromatic nitrogens is 2. The van der Waals surface area contributed by atoms with Crippen LogP contribution in [0.2, 0.25) is 0 Å². The van der Waals surface area contributed by atoms with Gasteiger partial charge in [0.2, 0.25) is 0 Å². The van der Waals surface area contributed by atoms with Crippen LogP contribution >= 0.6 is 0 Å². The lowest BCUT2D eigenvalue weighted by molar-refractivity contribution is 0.00578. The van der Waals surface area contributed by atoms with Gasteiger partial charge in [0.1, 0.15) is 6.10 Å². The first-order chi connectivity index (χ1) is 11.3. The second-order valence-electron chi connectivity index (χ2n) is 7.51. The zero-order chi connectivity index (χ0) is 17.4. The van der Waals surface area contributed by atoms with Crippen LogP contribution in [-0.2, 0) is 9.31 Å². The standard InChI is InChI=1S/C16H27BN4O3/c1-15(2)16(3,4)24-17(23-15)12-9-19-14(20-10-12)22-13-5-7-21(11-13)8-6-18/h9-10,13H,5-8,11,18H2,1-4H3. The first-order valence-corrected chi connectivity index (χ1v) is 8.57. The molecule has 0 bridgehead atoms. The van der Waals surface area contributed by atoms with Gasteiger partial charge in [0.05, 0.1) is 11.2 Å². The van der Waals surface area contributed by atoms with E-state index in [2.05, 4.69) is 14.9 Å². The van der Waals surface area contributed by atoms with E-state index in [0.29, 0.717) is 12.6 Å². The minimum absolute atomic E-state index is 0.124. The highest BCUT2D eigenvalue weighted by molar-refractivity contribution is 6.61. The maximum Gasteiger partial charge on any atom is 0.498 e. The number of nitrogens with two attached hydrogens (primary N) is 1. The first kappa shape index (κ1) is 17.6. The summed E-state index contributed by atoms with van der Waals surface area (Å²) in [4.78, 5) is 10.9. The van der Waals surface area contributed by atoms with Crippen molar-refractivity contribution in [3.8, 4) is 6.01 Å². The predicted molar refractivity (Wildman–Crippen MR) is 92.3 cm³/mol. The fourth-order valence-corrected chi connectivity index (χ4v) is 2.92. The molecule has 0 aromatic carbocycles. The van der Waals surface area contributed by atoms with Gasteiger partial charge >= 0.3 is 13.1 Å². The number of hydrogen-bond donors (Lipinski definition) is 1. The molecule has 1 aromatic heterocycles. The monoisotopic (exact) mass is 334 g/mol. The minimum atomic E-state index is -0.449. The molecule has 2 saturated heterocycles. The van der Waals surface area contributed by atoms with Crippen molar-refractivity contribution >= 4 is 12.6 Å². The molecule has 8 heteroatoms. The van der Waals surface area contributed by atoms with Crippen molar-refractivity contribution in [1.82, 2.24) is 14.9 Å². The second-order valence-corrected chi connectivity index (χ2v) is 7.51. The topological polar surface area (TPSA) is 82.7 Å². The highest BCUT2D eigenvalue weighted by Crippen LogP contribution is 2.36. The summed E-state index contributed by atoms with van der Waals surface area (Å²) < 4.78 is 17.9. The molecule has 1 atom stereocenters. The number of likely N-dealkylation sites (tertiary alicyclic amines) is 1. The second kappa shape index (κ2) is 6.59. The molecule has 132 valence electrons.